The van der Waals surface area contributed by atoms with Crippen LogP contribution in [0.4, 0.5) is 9.18 Å². The molecule has 3 aliphatic carbocycles. The molecule has 2 saturated carbocycles. The van der Waals surface area contributed by atoms with Gasteiger partial charge in [0.15, 0.2) is 17.3 Å². The Morgan fingerprint density at radius 2 is 2.06 bits per heavy atom. The highest BCUT2D eigenvalue weighted by molar-refractivity contribution is 5.96. The fourth-order valence-corrected chi connectivity index (χ4v) is 8.42. The van der Waals surface area contributed by atoms with Gasteiger partial charge in [-0.2, -0.15) is 0 Å². The van der Waals surface area contributed by atoms with Gasteiger partial charge in [-0.15, -0.1) is 0 Å². The average Bonchev–Trinajstić information content (AvgIpc) is 3.41. The molecule has 0 spiro atoms. The van der Waals surface area contributed by atoms with Crippen LogP contribution in [-0.4, -0.2) is 43.7 Å². The molecule has 0 bridgehead atoms. The van der Waals surface area contributed by atoms with E-state index in [1.54, 1.807) is 12.3 Å². The van der Waals surface area contributed by atoms with Crippen LogP contribution in [0.3, 0.4) is 0 Å². The van der Waals surface area contributed by atoms with Gasteiger partial charge in [0.25, 0.3) is 0 Å². The smallest absolute Gasteiger partial charge is 0.318 e. The van der Waals surface area contributed by atoms with E-state index in [1.807, 2.05) is 24.0 Å². The van der Waals surface area contributed by atoms with Gasteiger partial charge in [0, 0.05) is 24.2 Å². The van der Waals surface area contributed by atoms with Crippen molar-refractivity contribution in [2.75, 3.05) is 6.54 Å². The first kappa shape index (κ1) is 22.7. The second-order valence-corrected chi connectivity index (χ2v) is 11.6. The van der Waals surface area contributed by atoms with Crippen molar-refractivity contribution in [3.63, 3.8) is 0 Å². The van der Waals surface area contributed by atoms with Crippen molar-refractivity contribution in [3.8, 4) is 0 Å². The molecule has 3 fully saturated rings. The number of urea groups is 1. The lowest BCUT2D eigenvalue weighted by molar-refractivity contribution is -0.131. The molecule has 7 atom stereocenters. The SMILES string of the molecule is CC1C(=O)C(F)=C[C@@]2(C)C1CC[C@@H]1[C@H]2CC[C@@]2(C)[C@H]1CCN2C(=O)NCc1nc2ncccc2[nH]1. The number of rotatable bonds is 2. The minimum atomic E-state index is -0.543. The van der Waals surface area contributed by atoms with Crippen molar-refractivity contribution in [2.45, 2.75) is 65.0 Å². The van der Waals surface area contributed by atoms with E-state index >= 15 is 0 Å². The number of nitrogens with zero attached hydrogens (tertiary/aromatic N) is 3. The molecule has 2 unspecified atom stereocenters. The van der Waals surface area contributed by atoms with E-state index in [-0.39, 0.29) is 34.6 Å². The van der Waals surface area contributed by atoms with E-state index in [1.165, 1.54) is 0 Å². The van der Waals surface area contributed by atoms with E-state index in [0.29, 0.717) is 35.8 Å². The number of halogens is 1. The zero-order chi connectivity index (χ0) is 24.5. The third-order valence-corrected chi connectivity index (χ3v) is 10.1. The van der Waals surface area contributed by atoms with Gasteiger partial charge in [0.05, 0.1) is 12.1 Å². The number of nitrogens with one attached hydrogen (secondary N) is 2. The summed E-state index contributed by atoms with van der Waals surface area (Å²) in [6.07, 6.45) is 8.21. The summed E-state index contributed by atoms with van der Waals surface area (Å²) in [6, 6.07) is 3.73. The summed E-state index contributed by atoms with van der Waals surface area (Å²) in [4.78, 5) is 39.6. The minimum Gasteiger partial charge on any atom is -0.339 e. The number of carbonyl (C=O) groups excluding carboxylic acids is 2. The molecular formula is C27H34FN5O2. The lowest BCUT2D eigenvalue weighted by atomic mass is 9.46. The highest BCUT2D eigenvalue weighted by Gasteiger charge is 2.61. The van der Waals surface area contributed by atoms with E-state index in [0.717, 1.165) is 44.2 Å². The predicted molar refractivity (Wildman–Crippen MR) is 130 cm³/mol. The van der Waals surface area contributed by atoms with E-state index in [9.17, 15) is 14.0 Å². The van der Waals surface area contributed by atoms with E-state index in [2.05, 4.69) is 34.1 Å². The van der Waals surface area contributed by atoms with Crippen molar-refractivity contribution in [2.24, 2.45) is 35.0 Å². The number of H-pyrrole nitrogens is 1. The van der Waals surface area contributed by atoms with Crippen LogP contribution in [0.5, 0.6) is 0 Å². The van der Waals surface area contributed by atoms with Crippen LogP contribution in [0, 0.1) is 35.0 Å². The van der Waals surface area contributed by atoms with Crippen LogP contribution in [0.25, 0.3) is 11.2 Å². The van der Waals surface area contributed by atoms with Crippen molar-refractivity contribution >= 4 is 23.0 Å². The highest BCUT2D eigenvalue weighted by Crippen LogP contribution is 2.63. The zero-order valence-corrected chi connectivity index (χ0v) is 20.7. The first-order valence-electron chi connectivity index (χ1n) is 13.0. The maximum absolute atomic E-state index is 14.6. The molecule has 1 aliphatic heterocycles. The molecule has 4 aliphatic rings. The summed E-state index contributed by atoms with van der Waals surface area (Å²) < 4.78 is 14.6. The molecule has 2 aromatic rings. The summed E-state index contributed by atoms with van der Waals surface area (Å²) in [5, 5.41) is 3.07. The Balaban J connectivity index is 1.19. The molecule has 0 aromatic carbocycles. The maximum Gasteiger partial charge on any atom is 0.318 e. The number of pyridine rings is 1. The third kappa shape index (κ3) is 3.28. The number of aromatic nitrogens is 3. The van der Waals surface area contributed by atoms with Crippen LogP contribution < -0.4 is 5.32 Å². The summed E-state index contributed by atoms with van der Waals surface area (Å²) in [6.45, 7) is 7.39. The largest absolute Gasteiger partial charge is 0.339 e. The van der Waals surface area contributed by atoms with Gasteiger partial charge in [-0.05, 0) is 86.3 Å². The van der Waals surface area contributed by atoms with Crippen molar-refractivity contribution in [1.29, 1.82) is 0 Å². The average molecular weight is 480 g/mol. The van der Waals surface area contributed by atoms with Gasteiger partial charge in [-0.3, -0.25) is 4.79 Å². The first-order chi connectivity index (χ1) is 16.7. The van der Waals surface area contributed by atoms with Crippen LogP contribution in [0.15, 0.2) is 30.2 Å². The predicted octanol–water partition coefficient (Wildman–Crippen LogP) is 4.76. The number of Topliss-reactive ketones (excluding diaryl/α,β-unsaturated/α-hetero) is 1. The first-order valence-corrected chi connectivity index (χ1v) is 13.0. The van der Waals surface area contributed by atoms with Gasteiger partial charge in [-0.25, -0.2) is 19.2 Å². The van der Waals surface area contributed by atoms with Gasteiger partial charge < -0.3 is 15.2 Å². The van der Waals surface area contributed by atoms with Crippen molar-refractivity contribution < 1.29 is 14.0 Å². The number of amides is 2. The number of ketones is 1. The number of allylic oxidation sites excluding steroid dienone is 2. The summed E-state index contributed by atoms with van der Waals surface area (Å²) in [5.74, 6) is 0.972. The third-order valence-electron chi connectivity index (χ3n) is 10.1. The molecular weight excluding hydrogens is 445 g/mol. The highest BCUT2D eigenvalue weighted by atomic mass is 19.1. The second-order valence-electron chi connectivity index (χ2n) is 11.6. The standard InChI is InChI=1S/C27H34FN5O2/c1-15-17-7-6-16-18(26(17,2)13-20(28)23(15)34)8-10-27(3)19(16)9-12-33(27)25(35)30-14-22-31-21-5-4-11-29-24(21)32-22/h4-5,11,13,15-19H,6-10,12,14H2,1-3H3,(H,30,35)(H,29,31,32)/t15?,16-,17?,18-,19+,26+,27+/m1/s1. The number of imidazole rings is 1. The van der Waals surface area contributed by atoms with Gasteiger partial charge in [-0.1, -0.05) is 13.8 Å². The lowest BCUT2D eigenvalue weighted by Gasteiger charge is -2.59. The van der Waals surface area contributed by atoms with Gasteiger partial charge in [0.2, 0.25) is 0 Å². The molecule has 186 valence electrons. The second kappa shape index (κ2) is 7.87. The van der Waals surface area contributed by atoms with E-state index < -0.39 is 5.83 Å². The Morgan fingerprint density at radius 1 is 1.23 bits per heavy atom. The van der Waals surface area contributed by atoms with Crippen molar-refractivity contribution in [1.82, 2.24) is 25.2 Å². The fraction of sp³-hybridized carbons (Fsp3) is 0.630. The molecule has 0 radical (unpaired) electrons. The van der Waals surface area contributed by atoms with Crippen molar-refractivity contribution in [3.05, 3.63) is 36.1 Å². The quantitative estimate of drug-likeness (QED) is 0.650. The maximum atomic E-state index is 14.6. The number of likely N-dealkylation sites (tertiary alicyclic amines) is 1. The summed E-state index contributed by atoms with van der Waals surface area (Å²) >= 11 is 0. The summed E-state index contributed by atoms with van der Waals surface area (Å²) in [7, 11) is 0. The molecule has 2 aromatic heterocycles. The van der Waals surface area contributed by atoms with Crippen LogP contribution in [-0.2, 0) is 11.3 Å². The Hall–Kier alpha value is -2.77. The Kier molecular flexibility index (Phi) is 5.10. The van der Waals surface area contributed by atoms with Gasteiger partial charge >= 0.3 is 6.03 Å². The van der Waals surface area contributed by atoms with E-state index in [4.69, 9.17) is 0 Å². The summed E-state index contributed by atoms with van der Waals surface area (Å²) in [5.41, 5.74) is 1.02. The van der Waals surface area contributed by atoms with Crippen LogP contribution in [0.2, 0.25) is 0 Å². The number of aromatic amines is 1. The molecule has 6 rings (SSSR count). The molecule has 35 heavy (non-hydrogen) atoms. The topological polar surface area (TPSA) is 91.0 Å². The van der Waals surface area contributed by atoms with Crippen LogP contribution >= 0.6 is 0 Å². The Morgan fingerprint density at radius 3 is 2.86 bits per heavy atom. The number of fused-ring (bicyclic) bond motifs is 6. The zero-order valence-electron chi connectivity index (χ0n) is 20.7. The molecule has 1 saturated heterocycles. The number of hydrogen-bond donors (Lipinski definition) is 2. The molecule has 7 nitrogen and oxygen atoms in total. The Labute approximate surface area is 205 Å². The number of hydrogen-bond acceptors (Lipinski definition) is 4. The monoisotopic (exact) mass is 479 g/mol. The normalized spacial score (nSPS) is 38.5. The molecule has 2 N–H and O–H groups in total. The fourth-order valence-electron chi connectivity index (χ4n) is 8.42. The van der Waals surface area contributed by atoms with Gasteiger partial charge in [0.1, 0.15) is 5.82 Å². The molecule has 8 heteroatoms. The minimum absolute atomic E-state index is 0.0513. The van der Waals surface area contributed by atoms with Crippen LogP contribution in [0.1, 0.15) is 58.7 Å². The number of carbonyl (C=O) groups is 2. The Bertz CT molecular complexity index is 1190. The lowest BCUT2D eigenvalue weighted by Crippen LogP contribution is -2.60. The molecule has 2 amide bonds. The molecule has 3 heterocycles.